The topological polar surface area (TPSA) is 12.0 Å². The number of rotatable bonds is 3. The number of hydrogen-bond acceptors (Lipinski definition) is 2. The summed E-state index contributed by atoms with van der Waals surface area (Å²) in [6, 6.07) is 7.76. The largest absolute Gasteiger partial charge is 0.309 e. The number of hydrogen-bond donors (Lipinski definition) is 1. The standard InChI is InChI=1S/C12H9Br2Cl2NS/c1-17-11(7-5-9(13)18-12(7)14)6-3-2-4-8(15)10(6)16/h2-5,11,17H,1H3. The van der Waals surface area contributed by atoms with E-state index in [1.165, 1.54) is 0 Å². The predicted octanol–water partition coefficient (Wildman–Crippen LogP) is 5.89. The van der Waals surface area contributed by atoms with Crippen LogP contribution in [0.5, 0.6) is 0 Å². The molecule has 0 aliphatic rings. The van der Waals surface area contributed by atoms with Gasteiger partial charge in [0.05, 0.1) is 23.7 Å². The van der Waals surface area contributed by atoms with Gasteiger partial charge in [0.25, 0.3) is 0 Å². The minimum absolute atomic E-state index is 0.00752. The van der Waals surface area contributed by atoms with Crippen LogP contribution in [0.15, 0.2) is 31.8 Å². The lowest BCUT2D eigenvalue weighted by atomic mass is 10.0. The van der Waals surface area contributed by atoms with Crippen molar-refractivity contribution in [2.45, 2.75) is 6.04 Å². The number of benzene rings is 1. The second kappa shape index (κ2) is 6.25. The molecule has 96 valence electrons. The highest BCUT2D eigenvalue weighted by atomic mass is 79.9. The second-order valence-corrected chi connectivity index (χ2v) is 8.18. The summed E-state index contributed by atoms with van der Waals surface area (Å²) in [7, 11) is 1.90. The number of nitrogens with one attached hydrogen (secondary N) is 1. The summed E-state index contributed by atoms with van der Waals surface area (Å²) in [5, 5.41) is 4.43. The van der Waals surface area contributed by atoms with Gasteiger partial charge in [-0.05, 0) is 62.2 Å². The van der Waals surface area contributed by atoms with Crippen molar-refractivity contribution in [3.63, 3.8) is 0 Å². The summed E-state index contributed by atoms with van der Waals surface area (Å²) in [5.74, 6) is 0. The van der Waals surface area contributed by atoms with Crippen molar-refractivity contribution < 1.29 is 0 Å². The van der Waals surface area contributed by atoms with Gasteiger partial charge in [-0.2, -0.15) is 0 Å². The molecule has 1 unspecified atom stereocenters. The summed E-state index contributed by atoms with van der Waals surface area (Å²) in [6.07, 6.45) is 0. The van der Waals surface area contributed by atoms with E-state index in [2.05, 4.69) is 43.2 Å². The summed E-state index contributed by atoms with van der Waals surface area (Å²) < 4.78 is 2.15. The van der Waals surface area contributed by atoms with Gasteiger partial charge in [-0.25, -0.2) is 0 Å². The Balaban J connectivity index is 2.52. The van der Waals surface area contributed by atoms with E-state index in [9.17, 15) is 0 Å². The lowest BCUT2D eigenvalue weighted by Crippen LogP contribution is -2.17. The van der Waals surface area contributed by atoms with Crippen LogP contribution in [0.3, 0.4) is 0 Å². The molecule has 1 aromatic heterocycles. The Morgan fingerprint density at radius 2 is 1.94 bits per heavy atom. The van der Waals surface area contributed by atoms with Crippen LogP contribution in [0, 0.1) is 0 Å². The fraction of sp³-hybridized carbons (Fsp3) is 0.167. The minimum Gasteiger partial charge on any atom is -0.309 e. The molecule has 1 N–H and O–H groups in total. The molecule has 0 saturated carbocycles. The molecule has 0 aliphatic heterocycles. The van der Waals surface area contributed by atoms with Gasteiger partial charge in [0, 0.05) is 0 Å². The lowest BCUT2D eigenvalue weighted by Gasteiger charge is -2.18. The summed E-state index contributed by atoms with van der Waals surface area (Å²) >= 11 is 21.0. The van der Waals surface area contributed by atoms with E-state index in [1.807, 2.05) is 19.2 Å². The van der Waals surface area contributed by atoms with Gasteiger partial charge in [-0.15, -0.1) is 11.3 Å². The van der Waals surface area contributed by atoms with Crippen LogP contribution in [-0.2, 0) is 0 Å². The third-order valence-corrected chi connectivity index (χ3v) is 5.79. The fourth-order valence-corrected chi connectivity index (χ4v) is 5.09. The molecule has 1 nitrogen and oxygen atoms in total. The van der Waals surface area contributed by atoms with Gasteiger partial charge in [0.15, 0.2) is 0 Å². The Bertz CT molecular complexity index is 571. The van der Waals surface area contributed by atoms with Gasteiger partial charge >= 0.3 is 0 Å². The molecule has 6 heteroatoms. The van der Waals surface area contributed by atoms with Crippen LogP contribution in [0.25, 0.3) is 0 Å². The van der Waals surface area contributed by atoms with Gasteiger partial charge in [-0.3, -0.25) is 0 Å². The highest BCUT2D eigenvalue weighted by molar-refractivity contribution is 9.12. The van der Waals surface area contributed by atoms with Crippen molar-refractivity contribution in [2.24, 2.45) is 0 Å². The summed E-state index contributed by atoms with van der Waals surface area (Å²) in [6.45, 7) is 0. The highest BCUT2D eigenvalue weighted by Crippen LogP contribution is 2.40. The molecular formula is C12H9Br2Cl2NS. The molecule has 2 aromatic rings. The molecule has 0 fully saturated rings. The molecule has 1 atom stereocenters. The van der Waals surface area contributed by atoms with E-state index in [1.54, 1.807) is 17.4 Å². The van der Waals surface area contributed by atoms with Crippen molar-refractivity contribution in [1.82, 2.24) is 5.32 Å². The van der Waals surface area contributed by atoms with Crippen LogP contribution in [0.2, 0.25) is 10.0 Å². The van der Waals surface area contributed by atoms with E-state index in [4.69, 9.17) is 23.2 Å². The van der Waals surface area contributed by atoms with Gasteiger partial charge in [0.1, 0.15) is 0 Å². The lowest BCUT2D eigenvalue weighted by molar-refractivity contribution is 0.692. The average molecular weight is 430 g/mol. The molecule has 0 bridgehead atoms. The van der Waals surface area contributed by atoms with Crippen molar-refractivity contribution in [1.29, 1.82) is 0 Å². The maximum absolute atomic E-state index is 6.28. The minimum atomic E-state index is 0.00752. The molecule has 18 heavy (non-hydrogen) atoms. The van der Waals surface area contributed by atoms with E-state index >= 15 is 0 Å². The molecule has 2 rings (SSSR count). The van der Waals surface area contributed by atoms with Crippen LogP contribution < -0.4 is 5.32 Å². The molecular weight excluding hydrogens is 421 g/mol. The maximum atomic E-state index is 6.28. The first kappa shape index (κ1) is 14.8. The van der Waals surface area contributed by atoms with Crippen LogP contribution in [0.4, 0.5) is 0 Å². The Hall–Kier alpha value is 0.420. The molecule has 0 aliphatic carbocycles. The first-order valence-corrected chi connectivity index (χ1v) is 8.26. The van der Waals surface area contributed by atoms with Crippen molar-refractivity contribution in [3.05, 3.63) is 53.0 Å². The van der Waals surface area contributed by atoms with Crippen LogP contribution in [0.1, 0.15) is 17.2 Å². The predicted molar refractivity (Wildman–Crippen MR) is 87.1 cm³/mol. The molecule has 0 spiro atoms. The Kier molecular flexibility index (Phi) is 5.14. The van der Waals surface area contributed by atoms with E-state index in [0.717, 1.165) is 18.7 Å². The Labute approximate surface area is 137 Å². The fourth-order valence-electron chi connectivity index (χ4n) is 1.77. The quantitative estimate of drug-likeness (QED) is 0.641. The average Bonchev–Trinajstić information content (AvgIpc) is 2.65. The monoisotopic (exact) mass is 427 g/mol. The van der Waals surface area contributed by atoms with Crippen LogP contribution >= 0.6 is 66.4 Å². The smallest absolute Gasteiger partial charge is 0.0761 e. The second-order valence-electron chi connectivity index (χ2n) is 3.64. The molecule has 0 saturated heterocycles. The normalized spacial score (nSPS) is 12.7. The summed E-state index contributed by atoms with van der Waals surface area (Å²) in [4.78, 5) is 0. The van der Waals surface area contributed by atoms with Gasteiger partial charge in [-0.1, -0.05) is 35.3 Å². The van der Waals surface area contributed by atoms with Crippen molar-refractivity contribution in [2.75, 3.05) is 7.05 Å². The zero-order valence-electron chi connectivity index (χ0n) is 9.31. The van der Waals surface area contributed by atoms with E-state index in [0.29, 0.717) is 10.0 Å². The van der Waals surface area contributed by atoms with Crippen molar-refractivity contribution in [3.8, 4) is 0 Å². The van der Waals surface area contributed by atoms with Gasteiger partial charge in [0.2, 0.25) is 0 Å². The molecule has 0 amide bonds. The highest BCUT2D eigenvalue weighted by Gasteiger charge is 2.20. The molecule has 0 radical (unpaired) electrons. The third kappa shape index (κ3) is 2.94. The van der Waals surface area contributed by atoms with E-state index < -0.39 is 0 Å². The number of thiophene rings is 1. The first-order valence-electron chi connectivity index (χ1n) is 5.10. The van der Waals surface area contributed by atoms with Gasteiger partial charge < -0.3 is 5.32 Å². The third-order valence-electron chi connectivity index (χ3n) is 2.58. The zero-order valence-corrected chi connectivity index (χ0v) is 14.8. The SMILES string of the molecule is CNC(c1cc(Br)sc1Br)c1cccc(Cl)c1Cl. The zero-order chi connectivity index (χ0) is 13.3. The Morgan fingerprint density at radius 1 is 1.22 bits per heavy atom. The molecule has 1 heterocycles. The van der Waals surface area contributed by atoms with Crippen LogP contribution in [-0.4, -0.2) is 7.05 Å². The Morgan fingerprint density at radius 3 is 2.50 bits per heavy atom. The van der Waals surface area contributed by atoms with Crippen molar-refractivity contribution >= 4 is 66.4 Å². The number of halogens is 4. The molecule has 1 aromatic carbocycles. The maximum Gasteiger partial charge on any atom is 0.0761 e. The summed E-state index contributed by atoms with van der Waals surface area (Å²) in [5.41, 5.74) is 2.11. The first-order chi connectivity index (χ1) is 8.54. The van der Waals surface area contributed by atoms with E-state index in [-0.39, 0.29) is 6.04 Å².